The van der Waals surface area contributed by atoms with Gasteiger partial charge in [-0.05, 0) is 28.2 Å². The van der Waals surface area contributed by atoms with Gasteiger partial charge in [-0.25, -0.2) is 9.89 Å². The van der Waals surface area contributed by atoms with Crippen LogP contribution in [0.1, 0.15) is 17.2 Å². The van der Waals surface area contributed by atoms with E-state index in [0.29, 0.717) is 6.26 Å². The monoisotopic (exact) mass is 735 g/mol. The van der Waals surface area contributed by atoms with E-state index in [-0.39, 0.29) is 28.7 Å². The summed E-state index contributed by atoms with van der Waals surface area (Å²) >= 11 is 0.947. The quantitative estimate of drug-likeness (QED) is 0.0609. The molecule has 1 amide bonds. The van der Waals surface area contributed by atoms with Gasteiger partial charge in [0.2, 0.25) is 5.91 Å². The van der Waals surface area contributed by atoms with Gasteiger partial charge in [0, 0.05) is 14.2 Å². The molecule has 2 aliphatic heterocycles. The van der Waals surface area contributed by atoms with Crippen LogP contribution < -0.4 is 16.9 Å². The van der Waals surface area contributed by atoms with E-state index in [1.165, 1.54) is 25.7 Å². The molecular formula is C30H33N5O11S3. The zero-order valence-corrected chi connectivity index (χ0v) is 28.8. The van der Waals surface area contributed by atoms with Gasteiger partial charge in [0.15, 0.2) is 17.6 Å². The average Bonchev–Trinajstić information content (AvgIpc) is 3.07. The van der Waals surface area contributed by atoms with Crippen LogP contribution in [0.5, 0.6) is 0 Å². The van der Waals surface area contributed by atoms with Crippen molar-refractivity contribution in [3.63, 3.8) is 0 Å². The number of methoxy groups -OCH3 is 2. The molecule has 1 fully saturated rings. The second kappa shape index (κ2) is 16.4. The summed E-state index contributed by atoms with van der Waals surface area (Å²) in [6, 6.07) is 17.3. The van der Waals surface area contributed by atoms with E-state index >= 15 is 0 Å². The number of amides is 1. The van der Waals surface area contributed by atoms with Gasteiger partial charge in [-0.1, -0.05) is 72.4 Å². The SMILES string of the molecule is COC(Cn1c(S/C=C/C2=C(C(=O)OC(c3ccccc3)c3ccccc3)N3C(=O)C(N)C3S(=O)C2)n[nH]c(=O)c1=O)OC.CS(=O)(=O)O. The number of fused-ring (bicyclic) bond motifs is 1. The van der Waals surface area contributed by atoms with Crippen molar-refractivity contribution in [2.45, 2.75) is 35.5 Å². The lowest BCUT2D eigenvalue weighted by molar-refractivity contribution is -0.153. The Balaban J connectivity index is 0.00000101. The summed E-state index contributed by atoms with van der Waals surface area (Å²) in [6.07, 6.45) is 0.595. The van der Waals surface area contributed by atoms with E-state index in [0.717, 1.165) is 32.4 Å². The van der Waals surface area contributed by atoms with Gasteiger partial charge < -0.3 is 19.9 Å². The Bertz CT molecular complexity index is 1930. The van der Waals surface area contributed by atoms with E-state index in [1.807, 2.05) is 60.7 Å². The lowest BCUT2D eigenvalue weighted by Gasteiger charge is -2.47. The average molecular weight is 736 g/mol. The summed E-state index contributed by atoms with van der Waals surface area (Å²) in [7, 11) is -2.49. The fourth-order valence-corrected chi connectivity index (χ4v) is 7.14. The molecule has 0 saturated carbocycles. The van der Waals surface area contributed by atoms with Gasteiger partial charge in [-0.15, -0.1) is 5.10 Å². The fourth-order valence-electron chi connectivity index (χ4n) is 4.81. The highest BCUT2D eigenvalue weighted by Crippen LogP contribution is 2.37. The summed E-state index contributed by atoms with van der Waals surface area (Å²) < 4.78 is 56.4. The van der Waals surface area contributed by atoms with Gasteiger partial charge in [0.05, 0.1) is 29.4 Å². The summed E-state index contributed by atoms with van der Waals surface area (Å²) in [5, 5.41) is 6.84. The normalized spacial score (nSPS) is 19.0. The van der Waals surface area contributed by atoms with Gasteiger partial charge in [0.1, 0.15) is 17.1 Å². The summed E-state index contributed by atoms with van der Waals surface area (Å²) in [6.45, 7) is -0.120. The number of aromatic nitrogens is 3. The first-order valence-corrected chi connectivity index (χ1v) is 18.4. The van der Waals surface area contributed by atoms with Crippen molar-refractivity contribution in [3.05, 3.63) is 115 Å². The molecule has 2 aromatic carbocycles. The number of nitrogens with one attached hydrogen (secondary N) is 1. The molecule has 1 aromatic heterocycles. The minimum Gasteiger partial charge on any atom is -0.448 e. The number of rotatable bonds is 11. The number of carbonyl (C=O) groups is 2. The zero-order valence-electron chi connectivity index (χ0n) is 26.3. The van der Waals surface area contributed by atoms with Crippen LogP contribution >= 0.6 is 11.8 Å². The van der Waals surface area contributed by atoms with Crippen LogP contribution in [0.2, 0.25) is 0 Å². The molecule has 2 aliphatic rings. The van der Waals surface area contributed by atoms with Crippen molar-refractivity contribution >= 4 is 44.6 Å². The molecule has 4 N–H and O–H groups in total. The predicted molar refractivity (Wildman–Crippen MR) is 179 cm³/mol. The molecular weight excluding hydrogens is 703 g/mol. The Kier molecular flexibility index (Phi) is 12.6. The Morgan fingerprint density at radius 2 is 1.65 bits per heavy atom. The van der Waals surface area contributed by atoms with Crippen LogP contribution in [-0.4, -0.2) is 92.7 Å². The van der Waals surface area contributed by atoms with Crippen LogP contribution in [0.4, 0.5) is 0 Å². The van der Waals surface area contributed by atoms with Crippen LogP contribution in [0.15, 0.2) is 98.2 Å². The number of hydrogen-bond acceptors (Lipinski definition) is 13. The van der Waals surface area contributed by atoms with Crippen molar-refractivity contribution in [2.24, 2.45) is 5.73 Å². The number of aromatic amines is 1. The number of esters is 1. The molecule has 0 aliphatic carbocycles. The first-order chi connectivity index (χ1) is 23.2. The molecule has 0 bridgehead atoms. The number of β-lactam (4-membered cyclic amide) rings is 1. The summed E-state index contributed by atoms with van der Waals surface area (Å²) in [5.41, 5.74) is 5.81. The largest absolute Gasteiger partial charge is 0.448 e. The second-order valence-corrected chi connectivity index (χ2v) is 14.3. The van der Waals surface area contributed by atoms with Gasteiger partial charge >= 0.3 is 17.1 Å². The van der Waals surface area contributed by atoms with E-state index in [4.69, 9.17) is 24.5 Å². The van der Waals surface area contributed by atoms with Crippen LogP contribution in [0, 0.1) is 0 Å². The zero-order chi connectivity index (χ0) is 35.9. The van der Waals surface area contributed by atoms with Gasteiger partial charge in [0.25, 0.3) is 10.1 Å². The first-order valence-electron chi connectivity index (χ1n) is 14.3. The molecule has 5 rings (SSSR count). The molecule has 16 nitrogen and oxygen atoms in total. The Labute approximate surface area is 287 Å². The van der Waals surface area contributed by atoms with Crippen LogP contribution in [0.3, 0.4) is 0 Å². The number of allylic oxidation sites excluding steroid dienone is 1. The molecule has 3 unspecified atom stereocenters. The van der Waals surface area contributed by atoms with Gasteiger partial charge in [-0.2, -0.15) is 8.42 Å². The number of nitrogens with zero attached hydrogens (tertiary/aromatic N) is 3. The molecule has 49 heavy (non-hydrogen) atoms. The number of thioether (sulfide) groups is 1. The summed E-state index contributed by atoms with van der Waals surface area (Å²) in [4.78, 5) is 52.4. The van der Waals surface area contributed by atoms with Crippen molar-refractivity contribution in [2.75, 3.05) is 26.2 Å². The van der Waals surface area contributed by atoms with E-state index < -0.39 is 67.7 Å². The Morgan fingerprint density at radius 1 is 1.10 bits per heavy atom. The first kappa shape index (κ1) is 37.6. The van der Waals surface area contributed by atoms with Crippen LogP contribution in [-0.2, 0) is 51.3 Å². The number of hydrogen-bond donors (Lipinski definition) is 3. The third-order valence-electron chi connectivity index (χ3n) is 7.04. The fraction of sp³-hybridized carbons (Fsp3) is 0.300. The molecule has 262 valence electrons. The standard InChI is InChI=1S/C29H29N5O8S2.CH4O3S/c1-40-20(41-2)15-33-26(37)24(35)31-32-29(33)43-14-13-19-16-44(39)27-21(30)25(36)34(27)22(19)28(38)42-23(17-9-5-3-6-10-17)18-11-7-4-8-12-18;1-5(2,3)4/h3-14,20-21,23,27H,15-16,30H2,1-2H3,(H,31,35);1H3,(H,2,3,4)/b14-13+;. The number of carbonyl (C=O) groups excluding carboxylic acids is 2. The highest BCUT2D eigenvalue weighted by Gasteiger charge is 2.55. The van der Waals surface area contributed by atoms with Gasteiger partial charge in [-0.3, -0.25) is 32.6 Å². The molecule has 3 atom stereocenters. The molecule has 0 radical (unpaired) electrons. The maximum atomic E-state index is 13.9. The molecule has 0 spiro atoms. The number of benzene rings is 2. The number of nitrogens with two attached hydrogens (primary N) is 1. The second-order valence-electron chi connectivity index (χ2n) is 10.4. The van der Waals surface area contributed by atoms with Crippen molar-refractivity contribution in [1.29, 1.82) is 0 Å². The maximum absolute atomic E-state index is 13.9. The van der Waals surface area contributed by atoms with Crippen molar-refractivity contribution in [1.82, 2.24) is 19.7 Å². The van der Waals surface area contributed by atoms with E-state index in [2.05, 4.69) is 10.2 Å². The minimum absolute atomic E-state index is 0.0688. The summed E-state index contributed by atoms with van der Waals surface area (Å²) in [5.74, 6) is -1.42. The highest BCUT2D eigenvalue weighted by molar-refractivity contribution is 8.02. The maximum Gasteiger partial charge on any atom is 0.356 e. The lowest BCUT2D eigenvalue weighted by Crippen LogP contribution is -2.71. The Morgan fingerprint density at radius 3 is 2.18 bits per heavy atom. The van der Waals surface area contributed by atoms with Crippen molar-refractivity contribution < 1.29 is 41.0 Å². The predicted octanol–water partition coefficient (Wildman–Crippen LogP) is 0.505. The van der Waals surface area contributed by atoms with E-state index in [1.54, 1.807) is 0 Å². The smallest absolute Gasteiger partial charge is 0.356 e. The third kappa shape index (κ3) is 9.26. The van der Waals surface area contributed by atoms with E-state index in [9.17, 15) is 31.8 Å². The highest BCUT2D eigenvalue weighted by atomic mass is 32.2. The molecule has 19 heteroatoms. The lowest BCUT2D eigenvalue weighted by atomic mass is 10.0. The Hall–Kier alpha value is -4.24. The minimum atomic E-state index is -3.67. The topological polar surface area (TPSA) is 230 Å². The number of H-pyrrole nitrogens is 1. The third-order valence-corrected chi connectivity index (χ3v) is 9.48. The van der Waals surface area contributed by atoms with Crippen LogP contribution in [0.25, 0.3) is 0 Å². The van der Waals surface area contributed by atoms with Crippen molar-refractivity contribution in [3.8, 4) is 0 Å². The molecule has 1 saturated heterocycles. The molecule has 3 heterocycles. The number of ether oxygens (including phenoxy) is 3. The molecule has 3 aromatic rings.